The fourth-order valence-electron chi connectivity index (χ4n) is 1.99. The summed E-state index contributed by atoms with van der Waals surface area (Å²) < 4.78 is 1.09. The highest BCUT2D eigenvalue weighted by molar-refractivity contribution is 7.22. The molecule has 3 rings (SSSR count). The second-order valence-electron chi connectivity index (χ2n) is 4.50. The second-order valence-corrected chi connectivity index (χ2v) is 5.53. The van der Waals surface area contributed by atoms with Gasteiger partial charge in [0, 0.05) is 6.54 Å². The number of para-hydroxylation sites is 1. The predicted molar refractivity (Wildman–Crippen MR) is 82.0 cm³/mol. The van der Waals surface area contributed by atoms with Crippen molar-refractivity contribution in [2.45, 2.75) is 6.54 Å². The van der Waals surface area contributed by atoms with Gasteiger partial charge in [-0.05, 0) is 29.8 Å². The fraction of sp³-hybridized carbons (Fsp3) is 0.0667. The number of hydrogen-bond acceptors (Lipinski definition) is 5. The molecular formula is C15H12N2O3S. The first kappa shape index (κ1) is 13.4. The molecule has 0 aliphatic carbocycles. The van der Waals surface area contributed by atoms with Crippen molar-refractivity contribution in [3.05, 3.63) is 53.6 Å². The minimum absolute atomic E-state index is 0.0985. The molecule has 0 unspecified atom stereocenters. The average molecular weight is 300 g/mol. The molecule has 0 saturated heterocycles. The number of aromatic hydroxyl groups is 1. The number of carboxylic acids is 1. The molecule has 0 aliphatic heterocycles. The molecule has 5 nitrogen and oxygen atoms in total. The molecule has 3 N–H and O–H groups in total. The lowest BCUT2D eigenvalue weighted by molar-refractivity contribution is 0.0693. The first-order valence-corrected chi connectivity index (χ1v) is 7.10. The molecule has 6 heteroatoms. The third-order valence-corrected chi connectivity index (χ3v) is 4.02. The van der Waals surface area contributed by atoms with Gasteiger partial charge in [-0.15, -0.1) is 0 Å². The van der Waals surface area contributed by atoms with Gasteiger partial charge in [0.05, 0.1) is 10.2 Å². The van der Waals surface area contributed by atoms with Crippen molar-refractivity contribution in [3.63, 3.8) is 0 Å². The van der Waals surface area contributed by atoms with Gasteiger partial charge in [0.15, 0.2) is 5.13 Å². The number of fused-ring (bicyclic) bond motifs is 1. The SMILES string of the molecule is O=C(O)c1cc(CNc2nc3ccccc3s2)ccc1O. The monoisotopic (exact) mass is 300 g/mol. The summed E-state index contributed by atoms with van der Waals surface area (Å²) in [5, 5.41) is 22.4. The maximum absolute atomic E-state index is 11.0. The maximum atomic E-state index is 11.0. The van der Waals surface area contributed by atoms with Crippen LogP contribution in [-0.4, -0.2) is 21.2 Å². The third-order valence-electron chi connectivity index (χ3n) is 3.03. The summed E-state index contributed by atoms with van der Waals surface area (Å²) in [4.78, 5) is 15.4. The number of hydrogen-bond donors (Lipinski definition) is 3. The van der Waals surface area contributed by atoms with Gasteiger partial charge in [0.25, 0.3) is 0 Å². The predicted octanol–water partition coefficient (Wildman–Crippen LogP) is 3.31. The van der Waals surface area contributed by atoms with E-state index in [0.29, 0.717) is 6.54 Å². The molecule has 0 fully saturated rings. The Balaban J connectivity index is 1.78. The molecule has 21 heavy (non-hydrogen) atoms. The molecule has 0 amide bonds. The number of nitrogens with one attached hydrogen (secondary N) is 1. The summed E-state index contributed by atoms with van der Waals surface area (Å²) >= 11 is 1.54. The smallest absolute Gasteiger partial charge is 0.339 e. The minimum Gasteiger partial charge on any atom is -0.507 e. The summed E-state index contributed by atoms with van der Waals surface area (Å²) in [7, 11) is 0. The van der Waals surface area contributed by atoms with Crippen LogP contribution in [0.2, 0.25) is 0 Å². The van der Waals surface area contributed by atoms with Gasteiger partial charge in [0.1, 0.15) is 11.3 Å². The van der Waals surface area contributed by atoms with Crippen molar-refractivity contribution < 1.29 is 15.0 Å². The normalized spacial score (nSPS) is 10.7. The lowest BCUT2D eigenvalue weighted by atomic mass is 10.1. The van der Waals surface area contributed by atoms with Crippen LogP contribution in [0, 0.1) is 0 Å². The number of nitrogens with zero attached hydrogens (tertiary/aromatic N) is 1. The number of carbonyl (C=O) groups is 1. The molecule has 106 valence electrons. The Morgan fingerprint density at radius 2 is 2.05 bits per heavy atom. The first-order valence-electron chi connectivity index (χ1n) is 6.28. The summed E-state index contributed by atoms with van der Waals surface area (Å²) in [6.45, 7) is 0.445. The van der Waals surface area contributed by atoms with E-state index in [1.807, 2.05) is 24.3 Å². The van der Waals surface area contributed by atoms with Crippen LogP contribution >= 0.6 is 11.3 Å². The number of benzene rings is 2. The maximum Gasteiger partial charge on any atom is 0.339 e. The van der Waals surface area contributed by atoms with Crippen LogP contribution in [0.5, 0.6) is 5.75 Å². The Morgan fingerprint density at radius 3 is 2.81 bits per heavy atom. The topological polar surface area (TPSA) is 82.5 Å². The van der Waals surface area contributed by atoms with Gasteiger partial charge in [-0.1, -0.05) is 29.5 Å². The van der Waals surface area contributed by atoms with Crippen molar-refractivity contribution in [1.82, 2.24) is 4.98 Å². The largest absolute Gasteiger partial charge is 0.507 e. The standard InChI is InChI=1S/C15H12N2O3S/c18-12-6-5-9(7-10(12)14(19)20)8-16-15-17-11-3-1-2-4-13(11)21-15/h1-7,18H,8H2,(H,16,17)(H,19,20). The van der Waals surface area contributed by atoms with Crippen molar-refractivity contribution in [3.8, 4) is 5.75 Å². The number of thiazole rings is 1. The van der Waals surface area contributed by atoms with Gasteiger partial charge >= 0.3 is 5.97 Å². The zero-order valence-electron chi connectivity index (χ0n) is 10.9. The minimum atomic E-state index is -1.14. The van der Waals surface area contributed by atoms with Crippen LogP contribution < -0.4 is 5.32 Å². The molecule has 0 spiro atoms. The number of aromatic nitrogens is 1. The number of anilines is 1. The summed E-state index contributed by atoms with van der Waals surface area (Å²) in [5.41, 5.74) is 1.60. The number of rotatable bonds is 4. The highest BCUT2D eigenvalue weighted by Gasteiger charge is 2.10. The zero-order chi connectivity index (χ0) is 14.8. The first-order chi connectivity index (χ1) is 10.1. The van der Waals surface area contributed by atoms with Crippen molar-refractivity contribution >= 4 is 32.7 Å². The Labute approximate surface area is 124 Å². The Kier molecular flexibility index (Phi) is 3.45. The molecule has 0 atom stereocenters. The summed E-state index contributed by atoms with van der Waals surface area (Å²) in [6, 6.07) is 12.4. The molecule has 0 saturated carbocycles. The fourth-order valence-corrected chi connectivity index (χ4v) is 2.85. The summed E-state index contributed by atoms with van der Waals surface area (Å²) in [5.74, 6) is -1.37. The van der Waals surface area contributed by atoms with E-state index in [2.05, 4.69) is 10.3 Å². The molecular weight excluding hydrogens is 288 g/mol. The number of aromatic carboxylic acids is 1. The lowest BCUT2D eigenvalue weighted by Crippen LogP contribution is -2.02. The van der Waals surface area contributed by atoms with Gasteiger partial charge in [-0.2, -0.15) is 0 Å². The van der Waals surface area contributed by atoms with Crippen LogP contribution in [0.4, 0.5) is 5.13 Å². The van der Waals surface area contributed by atoms with Gasteiger partial charge in [-0.25, -0.2) is 9.78 Å². The molecule has 0 radical (unpaired) electrons. The van der Waals surface area contributed by atoms with E-state index in [0.717, 1.165) is 20.9 Å². The Morgan fingerprint density at radius 1 is 1.24 bits per heavy atom. The van der Waals surface area contributed by atoms with Crippen LogP contribution in [0.25, 0.3) is 10.2 Å². The van der Waals surface area contributed by atoms with E-state index in [4.69, 9.17) is 5.11 Å². The van der Waals surface area contributed by atoms with E-state index in [1.165, 1.54) is 12.1 Å². The average Bonchev–Trinajstić information content (AvgIpc) is 2.89. The molecule has 2 aromatic carbocycles. The molecule has 1 heterocycles. The van der Waals surface area contributed by atoms with Gasteiger partial charge < -0.3 is 15.5 Å². The highest BCUT2D eigenvalue weighted by Crippen LogP contribution is 2.26. The molecule has 0 bridgehead atoms. The third kappa shape index (κ3) is 2.80. The van der Waals surface area contributed by atoms with Gasteiger partial charge in [-0.3, -0.25) is 0 Å². The van der Waals surface area contributed by atoms with Crippen molar-refractivity contribution in [1.29, 1.82) is 0 Å². The van der Waals surface area contributed by atoms with E-state index in [1.54, 1.807) is 17.4 Å². The van der Waals surface area contributed by atoms with E-state index < -0.39 is 5.97 Å². The quantitative estimate of drug-likeness (QED) is 0.688. The van der Waals surface area contributed by atoms with E-state index in [9.17, 15) is 9.90 Å². The van der Waals surface area contributed by atoms with Crippen LogP contribution in [0.15, 0.2) is 42.5 Å². The molecule has 1 aromatic heterocycles. The Hall–Kier alpha value is -2.60. The second kappa shape index (κ2) is 5.41. The van der Waals surface area contributed by atoms with E-state index >= 15 is 0 Å². The number of phenols is 1. The Bertz CT molecular complexity index is 781. The molecule has 3 aromatic rings. The zero-order valence-corrected chi connectivity index (χ0v) is 11.7. The van der Waals surface area contributed by atoms with Gasteiger partial charge in [0.2, 0.25) is 0 Å². The van der Waals surface area contributed by atoms with Crippen LogP contribution in [0.1, 0.15) is 15.9 Å². The van der Waals surface area contributed by atoms with Crippen LogP contribution in [0.3, 0.4) is 0 Å². The summed E-state index contributed by atoms with van der Waals surface area (Å²) in [6.07, 6.45) is 0. The lowest BCUT2D eigenvalue weighted by Gasteiger charge is -2.05. The van der Waals surface area contributed by atoms with Crippen LogP contribution in [-0.2, 0) is 6.54 Å². The number of carboxylic acid groups (broad SMARTS) is 1. The van der Waals surface area contributed by atoms with Crippen molar-refractivity contribution in [2.24, 2.45) is 0 Å². The molecule has 0 aliphatic rings. The van der Waals surface area contributed by atoms with E-state index in [-0.39, 0.29) is 11.3 Å². The highest BCUT2D eigenvalue weighted by atomic mass is 32.1. The van der Waals surface area contributed by atoms with Crippen molar-refractivity contribution in [2.75, 3.05) is 5.32 Å².